The van der Waals surface area contributed by atoms with E-state index in [1.807, 2.05) is 12.1 Å². The smallest absolute Gasteiger partial charge is 0.492 e. The van der Waals surface area contributed by atoms with E-state index in [-0.39, 0.29) is 0 Å². The Labute approximate surface area is 115 Å². The second-order valence-corrected chi connectivity index (χ2v) is 5.15. The second kappa shape index (κ2) is 6.41. The second-order valence-electron chi connectivity index (χ2n) is 5.15. The maximum atomic E-state index is 9.38. The number of ether oxygens (including phenoxy) is 1. The third-order valence-corrected chi connectivity index (χ3v) is 3.53. The normalized spacial score (nSPS) is 14.8. The maximum absolute atomic E-state index is 9.38. The standard InChI is InChI=1S/C14H22BNO3/c1-3-8-16(12-5-6-12)10-11-4-7-14(19-2)13(9-11)15(17)18/h4,7,9,12,17-18H,3,5-6,8,10H2,1-2H3. The number of methoxy groups -OCH3 is 1. The molecule has 19 heavy (non-hydrogen) atoms. The number of benzene rings is 1. The monoisotopic (exact) mass is 263 g/mol. The number of rotatable bonds is 7. The van der Waals surface area contributed by atoms with E-state index in [1.54, 1.807) is 6.07 Å². The molecule has 1 saturated carbocycles. The van der Waals surface area contributed by atoms with Crippen LogP contribution in [-0.4, -0.2) is 41.8 Å². The van der Waals surface area contributed by atoms with Gasteiger partial charge in [-0.05, 0) is 37.4 Å². The van der Waals surface area contributed by atoms with Gasteiger partial charge in [-0.3, -0.25) is 4.90 Å². The van der Waals surface area contributed by atoms with Crippen LogP contribution in [0.25, 0.3) is 0 Å². The first-order valence-corrected chi connectivity index (χ1v) is 6.92. The molecule has 104 valence electrons. The van der Waals surface area contributed by atoms with Crippen molar-refractivity contribution in [2.75, 3.05) is 13.7 Å². The molecule has 1 aliphatic carbocycles. The summed E-state index contributed by atoms with van der Waals surface area (Å²) in [6.45, 7) is 4.14. The first-order valence-electron chi connectivity index (χ1n) is 6.92. The summed E-state index contributed by atoms with van der Waals surface area (Å²) in [6.07, 6.45) is 3.71. The van der Waals surface area contributed by atoms with Crippen molar-refractivity contribution in [3.8, 4) is 5.75 Å². The van der Waals surface area contributed by atoms with Gasteiger partial charge >= 0.3 is 7.12 Å². The van der Waals surface area contributed by atoms with Crippen molar-refractivity contribution in [3.63, 3.8) is 0 Å². The average molecular weight is 263 g/mol. The molecule has 0 atom stereocenters. The molecule has 1 aliphatic rings. The molecule has 0 aromatic heterocycles. The van der Waals surface area contributed by atoms with Gasteiger partial charge in [0.05, 0.1) is 7.11 Å². The van der Waals surface area contributed by atoms with E-state index in [0.29, 0.717) is 17.3 Å². The summed E-state index contributed by atoms with van der Waals surface area (Å²) in [6, 6.07) is 6.34. The van der Waals surface area contributed by atoms with Crippen LogP contribution in [0.3, 0.4) is 0 Å². The van der Waals surface area contributed by atoms with Crippen LogP contribution in [0.4, 0.5) is 0 Å². The van der Waals surface area contributed by atoms with E-state index >= 15 is 0 Å². The molecule has 2 rings (SSSR count). The minimum absolute atomic E-state index is 0.437. The lowest BCUT2D eigenvalue weighted by molar-refractivity contribution is 0.255. The van der Waals surface area contributed by atoms with Crippen LogP contribution in [0.2, 0.25) is 0 Å². The van der Waals surface area contributed by atoms with Crippen LogP contribution in [0.1, 0.15) is 31.7 Å². The molecular weight excluding hydrogens is 241 g/mol. The molecule has 0 heterocycles. The van der Waals surface area contributed by atoms with Gasteiger partial charge in [0.25, 0.3) is 0 Å². The minimum Gasteiger partial charge on any atom is -0.497 e. The Hall–Kier alpha value is -1.04. The molecule has 1 aromatic rings. The van der Waals surface area contributed by atoms with Crippen LogP contribution in [0.5, 0.6) is 5.75 Å². The van der Waals surface area contributed by atoms with E-state index in [4.69, 9.17) is 4.74 Å². The van der Waals surface area contributed by atoms with Crippen molar-refractivity contribution in [2.24, 2.45) is 0 Å². The largest absolute Gasteiger partial charge is 0.497 e. The highest BCUT2D eigenvalue weighted by atomic mass is 16.5. The van der Waals surface area contributed by atoms with Crippen molar-refractivity contribution >= 4 is 12.6 Å². The fourth-order valence-corrected chi connectivity index (χ4v) is 2.44. The summed E-state index contributed by atoms with van der Waals surface area (Å²) in [5.41, 5.74) is 1.54. The summed E-state index contributed by atoms with van der Waals surface area (Å²) in [5, 5.41) is 18.8. The highest BCUT2D eigenvalue weighted by Gasteiger charge is 2.28. The van der Waals surface area contributed by atoms with Gasteiger partial charge in [0.15, 0.2) is 0 Å². The third kappa shape index (κ3) is 3.72. The van der Waals surface area contributed by atoms with Crippen molar-refractivity contribution in [1.29, 1.82) is 0 Å². The SMILES string of the molecule is CCCN(Cc1ccc(OC)c(B(O)O)c1)C1CC1. The zero-order chi connectivity index (χ0) is 13.8. The van der Waals surface area contributed by atoms with Gasteiger partial charge in [-0.1, -0.05) is 19.1 Å². The fourth-order valence-electron chi connectivity index (χ4n) is 2.44. The average Bonchev–Trinajstić information content (AvgIpc) is 3.22. The summed E-state index contributed by atoms with van der Waals surface area (Å²) in [4.78, 5) is 2.47. The van der Waals surface area contributed by atoms with E-state index in [0.717, 1.165) is 25.1 Å². The fraction of sp³-hybridized carbons (Fsp3) is 0.571. The Balaban J connectivity index is 2.13. The molecule has 5 heteroatoms. The Kier molecular flexibility index (Phi) is 4.85. The number of hydrogen-bond acceptors (Lipinski definition) is 4. The van der Waals surface area contributed by atoms with Gasteiger partial charge in [-0.25, -0.2) is 0 Å². The molecule has 0 amide bonds. The zero-order valence-electron chi connectivity index (χ0n) is 11.7. The molecule has 4 nitrogen and oxygen atoms in total. The van der Waals surface area contributed by atoms with Crippen molar-refractivity contribution in [1.82, 2.24) is 4.90 Å². The predicted octanol–water partition coefficient (Wildman–Crippen LogP) is 0.749. The quantitative estimate of drug-likeness (QED) is 0.713. The zero-order valence-corrected chi connectivity index (χ0v) is 11.7. The van der Waals surface area contributed by atoms with Crippen LogP contribution in [0.15, 0.2) is 18.2 Å². The van der Waals surface area contributed by atoms with E-state index < -0.39 is 7.12 Å². The van der Waals surface area contributed by atoms with E-state index in [2.05, 4.69) is 11.8 Å². The molecule has 0 saturated heterocycles. The summed E-state index contributed by atoms with van der Waals surface area (Å²) in [7, 11) is 0.0459. The summed E-state index contributed by atoms with van der Waals surface area (Å²) in [5.74, 6) is 0.521. The minimum atomic E-state index is -1.49. The van der Waals surface area contributed by atoms with Gasteiger partial charge < -0.3 is 14.8 Å². The van der Waals surface area contributed by atoms with E-state index in [9.17, 15) is 10.0 Å². The van der Waals surface area contributed by atoms with Gasteiger partial charge in [0, 0.05) is 18.0 Å². The van der Waals surface area contributed by atoms with Crippen molar-refractivity contribution in [3.05, 3.63) is 23.8 Å². The molecule has 2 N–H and O–H groups in total. The van der Waals surface area contributed by atoms with Crippen LogP contribution in [-0.2, 0) is 6.54 Å². The Morgan fingerprint density at radius 2 is 2.11 bits per heavy atom. The summed E-state index contributed by atoms with van der Waals surface area (Å²) >= 11 is 0. The van der Waals surface area contributed by atoms with Crippen molar-refractivity contribution < 1.29 is 14.8 Å². The molecule has 0 aliphatic heterocycles. The Morgan fingerprint density at radius 1 is 1.37 bits per heavy atom. The lowest BCUT2D eigenvalue weighted by Gasteiger charge is -2.22. The van der Waals surface area contributed by atoms with Crippen molar-refractivity contribution in [2.45, 2.75) is 38.8 Å². The Bertz CT molecular complexity index is 421. The van der Waals surface area contributed by atoms with Gasteiger partial charge in [-0.15, -0.1) is 0 Å². The topological polar surface area (TPSA) is 52.9 Å². The first-order chi connectivity index (χ1) is 9.15. The van der Waals surface area contributed by atoms with Gasteiger partial charge in [-0.2, -0.15) is 0 Å². The van der Waals surface area contributed by atoms with Crippen LogP contribution >= 0.6 is 0 Å². The number of hydrogen-bond donors (Lipinski definition) is 2. The molecule has 0 bridgehead atoms. The molecule has 0 spiro atoms. The molecule has 0 unspecified atom stereocenters. The van der Waals surface area contributed by atoms with Gasteiger partial charge in [0.2, 0.25) is 0 Å². The van der Waals surface area contributed by atoms with Crippen LogP contribution < -0.4 is 10.2 Å². The molecule has 1 fully saturated rings. The first kappa shape index (κ1) is 14.4. The maximum Gasteiger partial charge on any atom is 0.492 e. The summed E-state index contributed by atoms with van der Waals surface area (Å²) < 4.78 is 5.14. The third-order valence-electron chi connectivity index (χ3n) is 3.53. The highest BCUT2D eigenvalue weighted by molar-refractivity contribution is 6.59. The highest BCUT2D eigenvalue weighted by Crippen LogP contribution is 2.28. The number of nitrogens with zero attached hydrogens (tertiary/aromatic N) is 1. The Morgan fingerprint density at radius 3 is 2.63 bits per heavy atom. The van der Waals surface area contributed by atoms with Crippen LogP contribution in [0, 0.1) is 0 Å². The molecule has 0 radical (unpaired) electrons. The molecular formula is C14H22BNO3. The lowest BCUT2D eigenvalue weighted by atomic mass is 9.78. The lowest BCUT2D eigenvalue weighted by Crippen LogP contribution is -2.32. The van der Waals surface area contributed by atoms with Gasteiger partial charge in [0.1, 0.15) is 5.75 Å². The predicted molar refractivity (Wildman–Crippen MR) is 76.5 cm³/mol. The van der Waals surface area contributed by atoms with E-state index in [1.165, 1.54) is 20.0 Å². The molecule has 1 aromatic carbocycles.